The van der Waals surface area contributed by atoms with Gasteiger partial charge in [-0.25, -0.2) is 4.98 Å². The molecule has 0 saturated carbocycles. The van der Waals surface area contributed by atoms with E-state index in [0.717, 1.165) is 10.8 Å². The molecule has 6 heteroatoms. The zero-order valence-electron chi connectivity index (χ0n) is 12.4. The molecule has 0 unspecified atom stereocenters. The van der Waals surface area contributed by atoms with Crippen molar-refractivity contribution in [2.24, 2.45) is 0 Å². The Kier molecular flexibility index (Phi) is 4.54. The highest BCUT2D eigenvalue weighted by Gasteiger charge is 2.08. The Bertz CT molecular complexity index is 803. The van der Waals surface area contributed by atoms with E-state index in [-0.39, 0.29) is 5.91 Å². The third kappa shape index (κ3) is 3.87. The number of thiazole rings is 1. The van der Waals surface area contributed by atoms with Gasteiger partial charge in [0.15, 0.2) is 5.13 Å². The summed E-state index contributed by atoms with van der Waals surface area (Å²) in [5, 5.41) is 8.71. The van der Waals surface area contributed by atoms with Gasteiger partial charge in [0, 0.05) is 34.6 Å². The quantitative estimate of drug-likeness (QED) is 0.740. The van der Waals surface area contributed by atoms with E-state index in [9.17, 15) is 4.79 Å². The van der Waals surface area contributed by atoms with Gasteiger partial charge in [0.05, 0.1) is 7.11 Å². The predicted molar refractivity (Wildman–Crippen MR) is 92.8 cm³/mol. The van der Waals surface area contributed by atoms with E-state index < -0.39 is 0 Å². The first-order valence-electron chi connectivity index (χ1n) is 6.96. The maximum atomic E-state index is 12.4. The second-order valence-corrected chi connectivity index (χ2v) is 5.62. The highest BCUT2D eigenvalue weighted by atomic mass is 32.1. The van der Waals surface area contributed by atoms with Crippen molar-refractivity contribution in [3.8, 4) is 5.75 Å². The number of nitrogens with one attached hydrogen (secondary N) is 2. The van der Waals surface area contributed by atoms with Gasteiger partial charge in [-0.3, -0.25) is 4.79 Å². The monoisotopic (exact) mass is 325 g/mol. The molecule has 1 amide bonds. The number of carbonyl (C=O) groups excluding carboxylic acids is 1. The number of rotatable bonds is 5. The maximum absolute atomic E-state index is 12.4. The molecule has 0 saturated heterocycles. The van der Waals surface area contributed by atoms with E-state index in [1.54, 1.807) is 31.5 Å². The van der Waals surface area contributed by atoms with Gasteiger partial charge in [-0.2, -0.15) is 0 Å². The van der Waals surface area contributed by atoms with Crippen LogP contribution in [0.15, 0.2) is 60.1 Å². The van der Waals surface area contributed by atoms with Crippen LogP contribution in [-0.4, -0.2) is 18.0 Å². The van der Waals surface area contributed by atoms with E-state index in [4.69, 9.17) is 4.74 Å². The molecule has 5 nitrogen and oxygen atoms in total. The van der Waals surface area contributed by atoms with Gasteiger partial charge < -0.3 is 15.4 Å². The molecule has 23 heavy (non-hydrogen) atoms. The van der Waals surface area contributed by atoms with Crippen molar-refractivity contribution in [3.05, 3.63) is 65.7 Å². The summed E-state index contributed by atoms with van der Waals surface area (Å²) in [6, 6.07) is 14.5. The normalized spacial score (nSPS) is 10.1. The van der Waals surface area contributed by atoms with E-state index in [2.05, 4.69) is 15.6 Å². The lowest BCUT2D eigenvalue weighted by Crippen LogP contribution is -2.12. The van der Waals surface area contributed by atoms with Crippen molar-refractivity contribution in [2.75, 3.05) is 17.7 Å². The first-order valence-corrected chi connectivity index (χ1v) is 7.84. The van der Waals surface area contributed by atoms with Gasteiger partial charge in [0.2, 0.25) is 0 Å². The van der Waals surface area contributed by atoms with Crippen LogP contribution in [0.1, 0.15) is 10.4 Å². The van der Waals surface area contributed by atoms with Gasteiger partial charge in [-0.1, -0.05) is 12.1 Å². The first kappa shape index (κ1) is 15.1. The fourth-order valence-electron chi connectivity index (χ4n) is 2.05. The summed E-state index contributed by atoms with van der Waals surface area (Å²) in [4.78, 5) is 16.5. The molecule has 3 aromatic rings. The van der Waals surface area contributed by atoms with Crippen molar-refractivity contribution in [1.29, 1.82) is 0 Å². The third-order valence-corrected chi connectivity index (χ3v) is 3.82. The van der Waals surface area contributed by atoms with E-state index >= 15 is 0 Å². The van der Waals surface area contributed by atoms with Crippen LogP contribution in [-0.2, 0) is 0 Å². The number of ether oxygens (including phenoxy) is 1. The van der Waals surface area contributed by atoms with Crippen molar-refractivity contribution >= 4 is 33.8 Å². The summed E-state index contributed by atoms with van der Waals surface area (Å²) in [7, 11) is 1.59. The molecule has 0 bridgehead atoms. The molecular formula is C17H15N3O2S. The summed E-state index contributed by atoms with van der Waals surface area (Å²) >= 11 is 1.50. The number of carbonyl (C=O) groups is 1. The summed E-state index contributed by atoms with van der Waals surface area (Å²) < 4.78 is 5.15. The fraction of sp³-hybridized carbons (Fsp3) is 0.0588. The van der Waals surface area contributed by atoms with E-state index in [0.29, 0.717) is 17.0 Å². The SMILES string of the molecule is COc1cccc(NC(=O)c2cccc(Nc3nccs3)c2)c1. The van der Waals surface area contributed by atoms with Crippen LogP contribution in [0.5, 0.6) is 5.75 Å². The molecule has 0 aliphatic heterocycles. The number of amides is 1. The van der Waals surface area contributed by atoms with Gasteiger partial charge in [-0.05, 0) is 30.3 Å². The number of anilines is 3. The van der Waals surface area contributed by atoms with Crippen LogP contribution in [0.2, 0.25) is 0 Å². The van der Waals surface area contributed by atoms with Crippen LogP contribution in [0.25, 0.3) is 0 Å². The minimum Gasteiger partial charge on any atom is -0.497 e. The highest BCUT2D eigenvalue weighted by molar-refractivity contribution is 7.13. The molecule has 0 aliphatic carbocycles. The number of methoxy groups -OCH3 is 1. The molecule has 1 aromatic heterocycles. The molecule has 116 valence electrons. The van der Waals surface area contributed by atoms with Gasteiger partial charge in [0.1, 0.15) is 5.75 Å². The lowest BCUT2D eigenvalue weighted by Gasteiger charge is -2.08. The third-order valence-electron chi connectivity index (χ3n) is 3.14. The molecular weight excluding hydrogens is 310 g/mol. The largest absolute Gasteiger partial charge is 0.497 e. The Morgan fingerprint density at radius 1 is 1.13 bits per heavy atom. The van der Waals surface area contributed by atoms with Crippen molar-refractivity contribution in [2.45, 2.75) is 0 Å². The van der Waals surface area contributed by atoms with Crippen LogP contribution in [0.4, 0.5) is 16.5 Å². The summed E-state index contributed by atoms with van der Waals surface area (Å²) in [5.74, 6) is 0.517. The van der Waals surface area contributed by atoms with Crippen molar-refractivity contribution < 1.29 is 9.53 Å². The van der Waals surface area contributed by atoms with Gasteiger partial charge in [-0.15, -0.1) is 11.3 Å². The molecule has 0 atom stereocenters. The minimum atomic E-state index is -0.180. The number of hydrogen-bond donors (Lipinski definition) is 2. The van der Waals surface area contributed by atoms with E-state index in [1.165, 1.54) is 11.3 Å². The van der Waals surface area contributed by atoms with E-state index in [1.807, 2.05) is 35.7 Å². The summed E-state index contributed by atoms with van der Waals surface area (Å²) in [5.41, 5.74) is 2.07. The average molecular weight is 325 g/mol. The summed E-state index contributed by atoms with van der Waals surface area (Å²) in [6.07, 6.45) is 1.73. The molecule has 0 spiro atoms. The zero-order valence-corrected chi connectivity index (χ0v) is 13.3. The lowest BCUT2D eigenvalue weighted by atomic mass is 10.2. The van der Waals surface area contributed by atoms with Crippen LogP contribution in [0.3, 0.4) is 0 Å². The van der Waals surface area contributed by atoms with Crippen LogP contribution >= 0.6 is 11.3 Å². The second-order valence-electron chi connectivity index (χ2n) is 4.73. The topological polar surface area (TPSA) is 63.2 Å². The molecule has 2 N–H and O–H groups in total. The molecule has 0 fully saturated rings. The standard InChI is InChI=1S/C17H15N3O2S/c1-22-15-7-3-6-14(11-15)19-16(21)12-4-2-5-13(10-12)20-17-18-8-9-23-17/h2-11H,1H3,(H,18,20)(H,19,21). The van der Waals surface area contributed by atoms with Crippen molar-refractivity contribution in [3.63, 3.8) is 0 Å². The van der Waals surface area contributed by atoms with Crippen LogP contribution < -0.4 is 15.4 Å². The number of aromatic nitrogens is 1. The Balaban J connectivity index is 1.74. The number of benzene rings is 2. The first-order chi connectivity index (χ1) is 11.2. The molecule has 3 rings (SSSR count). The van der Waals surface area contributed by atoms with Gasteiger partial charge >= 0.3 is 0 Å². The molecule has 0 radical (unpaired) electrons. The predicted octanol–water partition coefficient (Wildman–Crippen LogP) is 4.15. The zero-order chi connectivity index (χ0) is 16.1. The Morgan fingerprint density at radius 3 is 2.74 bits per heavy atom. The molecule has 2 aromatic carbocycles. The minimum absolute atomic E-state index is 0.180. The van der Waals surface area contributed by atoms with Crippen LogP contribution in [0, 0.1) is 0 Å². The number of nitrogens with zero attached hydrogens (tertiary/aromatic N) is 1. The smallest absolute Gasteiger partial charge is 0.255 e. The average Bonchev–Trinajstić information content (AvgIpc) is 3.08. The molecule has 0 aliphatic rings. The Hall–Kier alpha value is -2.86. The fourth-order valence-corrected chi connectivity index (χ4v) is 2.60. The Morgan fingerprint density at radius 2 is 1.96 bits per heavy atom. The summed E-state index contributed by atoms with van der Waals surface area (Å²) in [6.45, 7) is 0. The van der Waals surface area contributed by atoms with Crippen molar-refractivity contribution in [1.82, 2.24) is 4.98 Å². The van der Waals surface area contributed by atoms with Gasteiger partial charge in [0.25, 0.3) is 5.91 Å². The maximum Gasteiger partial charge on any atom is 0.255 e. The highest BCUT2D eigenvalue weighted by Crippen LogP contribution is 2.21. The molecule has 1 heterocycles. The number of hydrogen-bond acceptors (Lipinski definition) is 5. The Labute approximate surface area is 138 Å². The lowest BCUT2D eigenvalue weighted by molar-refractivity contribution is 0.102. The second kappa shape index (κ2) is 6.93.